The molecule has 2 aliphatic rings. The van der Waals surface area contributed by atoms with Crippen LogP contribution in [-0.4, -0.2) is 37.7 Å². The number of carbonyl (C=O) groups is 1. The first kappa shape index (κ1) is 21.8. The highest BCUT2D eigenvalue weighted by Gasteiger charge is 2.34. The van der Waals surface area contributed by atoms with Gasteiger partial charge in [-0.05, 0) is 46.5 Å². The highest BCUT2D eigenvalue weighted by atomic mass is 16.5. The maximum Gasteiger partial charge on any atom is 0.291 e. The Labute approximate surface area is 181 Å². The second-order valence-corrected chi connectivity index (χ2v) is 9.24. The van der Waals surface area contributed by atoms with E-state index in [0.717, 1.165) is 25.7 Å². The molecule has 1 saturated heterocycles. The molecule has 1 amide bonds. The maximum atomic E-state index is 13.1. The molecular formula is C22H32N4O5. The molecule has 3 heterocycles. The zero-order chi connectivity index (χ0) is 22.3. The van der Waals surface area contributed by atoms with E-state index in [0.29, 0.717) is 29.9 Å². The van der Waals surface area contributed by atoms with E-state index in [9.17, 15) is 14.7 Å². The van der Waals surface area contributed by atoms with Crippen LogP contribution in [0.4, 0.5) is 5.69 Å². The van der Waals surface area contributed by atoms with E-state index in [1.165, 1.54) is 6.42 Å². The lowest BCUT2D eigenvalue weighted by Gasteiger charge is -2.32. The van der Waals surface area contributed by atoms with Crippen LogP contribution in [-0.2, 0) is 11.8 Å². The molecule has 2 aromatic rings. The Morgan fingerprint density at radius 1 is 1.23 bits per heavy atom. The summed E-state index contributed by atoms with van der Waals surface area (Å²) in [6.07, 6.45) is 6.18. The van der Waals surface area contributed by atoms with Crippen LogP contribution in [0.3, 0.4) is 0 Å². The average molecular weight is 433 g/mol. The number of ether oxygens (including phenoxy) is 1. The van der Waals surface area contributed by atoms with Crippen molar-refractivity contribution in [1.29, 1.82) is 0 Å². The molecular weight excluding hydrogens is 400 g/mol. The van der Waals surface area contributed by atoms with Gasteiger partial charge in [0.15, 0.2) is 11.5 Å². The van der Waals surface area contributed by atoms with Crippen molar-refractivity contribution < 1.29 is 19.2 Å². The second kappa shape index (κ2) is 8.27. The molecule has 170 valence electrons. The Morgan fingerprint density at radius 3 is 2.58 bits per heavy atom. The van der Waals surface area contributed by atoms with Crippen LogP contribution in [0, 0.1) is 13.8 Å². The van der Waals surface area contributed by atoms with E-state index < -0.39 is 11.5 Å². The lowest BCUT2D eigenvalue weighted by atomic mass is 9.94. The molecule has 1 aliphatic heterocycles. The molecule has 9 nitrogen and oxygen atoms in total. The van der Waals surface area contributed by atoms with Gasteiger partial charge in [0.1, 0.15) is 11.8 Å². The molecule has 0 aromatic carbocycles. The number of rotatable bonds is 4. The van der Waals surface area contributed by atoms with Gasteiger partial charge < -0.3 is 19.7 Å². The van der Waals surface area contributed by atoms with E-state index in [1.807, 2.05) is 18.7 Å². The van der Waals surface area contributed by atoms with Crippen molar-refractivity contribution in [2.24, 2.45) is 7.05 Å². The predicted molar refractivity (Wildman–Crippen MR) is 114 cm³/mol. The molecule has 1 aliphatic carbocycles. The van der Waals surface area contributed by atoms with Crippen molar-refractivity contribution in [2.45, 2.75) is 83.5 Å². The molecule has 2 aromatic heterocycles. The molecule has 2 N–H and O–H groups in total. The Balaban J connectivity index is 1.54. The zero-order valence-corrected chi connectivity index (χ0v) is 18.7. The number of carbonyl (C=O) groups excluding carboxylic acids is 1. The Kier molecular flexibility index (Phi) is 5.83. The van der Waals surface area contributed by atoms with Gasteiger partial charge >= 0.3 is 0 Å². The fourth-order valence-electron chi connectivity index (χ4n) is 4.73. The van der Waals surface area contributed by atoms with Crippen molar-refractivity contribution in [3.05, 3.63) is 33.1 Å². The summed E-state index contributed by atoms with van der Waals surface area (Å²) in [7, 11) is 1.86. The number of nitrogens with one attached hydrogen (secondary N) is 1. The lowest BCUT2D eigenvalue weighted by molar-refractivity contribution is -0.117. The third-order valence-electron chi connectivity index (χ3n) is 6.76. The van der Waals surface area contributed by atoms with Crippen LogP contribution < -0.4 is 10.9 Å². The zero-order valence-electron chi connectivity index (χ0n) is 18.7. The van der Waals surface area contributed by atoms with E-state index in [1.54, 1.807) is 18.5 Å². The summed E-state index contributed by atoms with van der Waals surface area (Å²) in [5.41, 5.74) is 0.691. The Bertz CT molecular complexity index is 1020. The van der Waals surface area contributed by atoms with Gasteiger partial charge in [-0.15, -0.1) is 0 Å². The summed E-state index contributed by atoms with van der Waals surface area (Å²) >= 11 is 0. The van der Waals surface area contributed by atoms with Crippen LogP contribution in [0.15, 0.2) is 9.32 Å². The highest BCUT2D eigenvalue weighted by Crippen LogP contribution is 2.35. The van der Waals surface area contributed by atoms with Crippen molar-refractivity contribution in [1.82, 2.24) is 14.5 Å². The predicted octanol–water partition coefficient (Wildman–Crippen LogP) is 3.15. The molecule has 0 bridgehead atoms. The molecule has 2 fully saturated rings. The van der Waals surface area contributed by atoms with Crippen LogP contribution in [0.1, 0.15) is 91.5 Å². The van der Waals surface area contributed by atoms with E-state index in [-0.39, 0.29) is 35.7 Å². The van der Waals surface area contributed by atoms with Crippen LogP contribution >= 0.6 is 0 Å². The van der Waals surface area contributed by atoms with Crippen LogP contribution in [0.25, 0.3) is 0 Å². The molecule has 9 heteroatoms. The molecule has 2 atom stereocenters. The fraction of sp³-hybridized carbons (Fsp3) is 0.682. The maximum absolute atomic E-state index is 13.1. The summed E-state index contributed by atoms with van der Waals surface area (Å²) in [5, 5.41) is 16.8. The fourth-order valence-corrected chi connectivity index (χ4v) is 4.73. The largest absolute Gasteiger partial charge is 0.388 e. The number of aromatic nitrogens is 3. The summed E-state index contributed by atoms with van der Waals surface area (Å²) in [6.45, 7) is 5.52. The number of hydrogen-bond acceptors (Lipinski definition) is 6. The Morgan fingerprint density at radius 2 is 1.94 bits per heavy atom. The Hall–Kier alpha value is -2.39. The van der Waals surface area contributed by atoms with Gasteiger partial charge in [-0.25, -0.2) is 4.68 Å². The second-order valence-electron chi connectivity index (χ2n) is 9.24. The minimum atomic E-state index is -0.853. The number of aliphatic hydroxyl groups is 1. The molecule has 31 heavy (non-hydrogen) atoms. The summed E-state index contributed by atoms with van der Waals surface area (Å²) in [4.78, 5) is 26.1. The van der Waals surface area contributed by atoms with Gasteiger partial charge in [0.2, 0.25) is 0 Å². The molecule has 0 spiro atoms. The number of anilines is 1. The van der Waals surface area contributed by atoms with Gasteiger partial charge in [0, 0.05) is 12.6 Å². The SMILES string of the molecule is Cc1c(C(=O)Nc2c(C)n(C)n(C3CCCCC3)c2=O)noc1[C@H]1CC[C@](C)(O)CO1. The van der Waals surface area contributed by atoms with E-state index >= 15 is 0 Å². The summed E-state index contributed by atoms with van der Waals surface area (Å²) < 4.78 is 14.8. The molecule has 0 radical (unpaired) electrons. The first-order valence-corrected chi connectivity index (χ1v) is 11.1. The van der Waals surface area contributed by atoms with Crippen molar-refractivity contribution >= 4 is 11.6 Å². The van der Waals surface area contributed by atoms with Gasteiger partial charge in [-0.3, -0.25) is 14.3 Å². The first-order valence-electron chi connectivity index (χ1n) is 11.1. The standard InChI is InChI=1S/C22H32N4O5/c1-13-17(24-31-19(13)16-10-11-22(3,29)12-30-16)20(27)23-18-14(2)25(4)26(21(18)28)15-8-6-5-7-9-15/h15-16,29H,5-12H2,1-4H3,(H,23,27)/t16-,22+/m1/s1. The van der Waals surface area contributed by atoms with Crippen molar-refractivity contribution in [2.75, 3.05) is 11.9 Å². The highest BCUT2D eigenvalue weighted by molar-refractivity contribution is 6.04. The van der Waals surface area contributed by atoms with Gasteiger partial charge in [0.05, 0.1) is 23.9 Å². The van der Waals surface area contributed by atoms with Gasteiger partial charge in [0.25, 0.3) is 11.5 Å². The first-order chi connectivity index (χ1) is 14.7. The topological polar surface area (TPSA) is 112 Å². The number of amides is 1. The smallest absolute Gasteiger partial charge is 0.291 e. The van der Waals surface area contributed by atoms with Gasteiger partial charge in [-0.2, -0.15) is 0 Å². The molecule has 4 rings (SSSR count). The van der Waals surface area contributed by atoms with E-state index in [2.05, 4.69) is 10.5 Å². The van der Waals surface area contributed by atoms with Crippen LogP contribution in [0.5, 0.6) is 0 Å². The third kappa shape index (κ3) is 4.08. The summed E-state index contributed by atoms with van der Waals surface area (Å²) in [5.74, 6) is 0.0157. The van der Waals surface area contributed by atoms with Crippen LogP contribution in [0.2, 0.25) is 0 Å². The van der Waals surface area contributed by atoms with Crippen molar-refractivity contribution in [3.8, 4) is 0 Å². The number of nitrogens with zero attached hydrogens (tertiary/aromatic N) is 3. The van der Waals surface area contributed by atoms with Crippen molar-refractivity contribution in [3.63, 3.8) is 0 Å². The molecule has 1 saturated carbocycles. The van der Waals surface area contributed by atoms with Gasteiger partial charge in [-0.1, -0.05) is 24.4 Å². The quantitative estimate of drug-likeness (QED) is 0.768. The molecule has 0 unspecified atom stereocenters. The summed E-state index contributed by atoms with van der Waals surface area (Å²) in [6, 6.07) is 0.164. The number of hydrogen-bond donors (Lipinski definition) is 2. The van der Waals surface area contributed by atoms with E-state index in [4.69, 9.17) is 9.26 Å². The normalized spacial score (nSPS) is 25.0. The lowest BCUT2D eigenvalue weighted by Crippen LogP contribution is -2.36. The minimum absolute atomic E-state index is 0.141. The minimum Gasteiger partial charge on any atom is -0.388 e. The average Bonchev–Trinajstić information content (AvgIpc) is 3.22. The monoisotopic (exact) mass is 432 g/mol. The third-order valence-corrected chi connectivity index (χ3v) is 6.76.